The summed E-state index contributed by atoms with van der Waals surface area (Å²) in [5, 5.41) is 9.55. The highest BCUT2D eigenvalue weighted by molar-refractivity contribution is 5.92. The van der Waals surface area contributed by atoms with Crippen molar-refractivity contribution in [2.45, 2.75) is 19.3 Å². The summed E-state index contributed by atoms with van der Waals surface area (Å²) in [6.07, 6.45) is 0.424. The summed E-state index contributed by atoms with van der Waals surface area (Å²) in [5.74, 6) is 0.0884. The van der Waals surface area contributed by atoms with E-state index < -0.39 is 11.9 Å². The number of nitrogens with zero attached hydrogens (tertiary/aromatic N) is 1. The molecule has 0 amide bonds. The molecule has 1 unspecified atom stereocenters. The molecule has 7 heteroatoms. The second-order valence-electron chi connectivity index (χ2n) is 5.22. The van der Waals surface area contributed by atoms with E-state index in [0.717, 1.165) is 0 Å². The van der Waals surface area contributed by atoms with E-state index in [4.69, 9.17) is 24.7 Å². The average Bonchev–Trinajstić information content (AvgIpc) is 2.65. The minimum atomic E-state index is -0.707. The predicted octanol–water partition coefficient (Wildman–Crippen LogP) is 2.35. The lowest BCUT2D eigenvalue weighted by molar-refractivity contribution is -0.136. The molecule has 0 saturated heterocycles. The fourth-order valence-corrected chi connectivity index (χ4v) is 2.78. The number of rotatable bonds is 5. The molecule has 0 fully saturated rings. The van der Waals surface area contributed by atoms with Gasteiger partial charge in [-0.2, -0.15) is 5.26 Å². The third-order valence-corrected chi connectivity index (χ3v) is 3.96. The van der Waals surface area contributed by atoms with Crippen molar-refractivity contribution in [1.82, 2.24) is 0 Å². The molecule has 0 spiro atoms. The Bertz CT molecular complexity index is 789. The van der Waals surface area contributed by atoms with Crippen LogP contribution in [0.4, 0.5) is 0 Å². The summed E-state index contributed by atoms with van der Waals surface area (Å²) < 4.78 is 20.9. The van der Waals surface area contributed by atoms with Crippen LogP contribution >= 0.6 is 0 Å². The van der Waals surface area contributed by atoms with Gasteiger partial charge in [0.1, 0.15) is 17.4 Å². The Kier molecular flexibility index (Phi) is 5.55. The molecule has 2 rings (SSSR count). The number of benzene rings is 1. The van der Waals surface area contributed by atoms with E-state index in [0.29, 0.717) is 29.2 Å². The number of allylic oxidation sites excluding steroid dienone is 2. The van der Waals surface area contributed by atoms with Crippen LogP contribution in [0.5, 0.6) is 11.5 Å². The molecule has 1 aliphatic rings. The Morgan fingerprint density at radius 1 is 1.28 bits per heavy atom. The van der Waals surface area contributed by atoms with Gasteiger partial charge in [0.2, 0.25) is 5.88 Å². The zero-order valence-corrected chi connectivity index (χ0v) is 14.6. The van der Waals surface area contributed by atoms with Gasteiger partial charge >= 0.3 is 5.97 Å². The zero-order valence-electron chi connectivity index (χ0n) is 14.6. The van der Waals surface area contributed by atoms with E-state index >= 15 is 0 Å². The van der Waals surface area contributed by atoms with Crippen LogP contribution in [-0.4, -0.2) is 27.3 Å². The summed E-state index contributed by atoms with van der Waals surface area (Å²) in [7, 11) is 4.32. The van der Waals surface area contributed by atoms with Gasteiger partial charge in [0.15, 0.2) is 11.5 Å². The maximum atomic E-state index is 12.4. The van der Waals surface area contributed by atoms with E-state index in [2.05, 4.69) is 0 Å². The highest BCUT2D eigenvalue weighted by atomic mass is 16.5. The van der Waals surface area contributed by atoms with Gasteiger partial charge in [0, 0.05) is 6.42 Å². The van der Waals surface area contributed by atoms with Gasteiger partial charge in [0.25, 0.3) is 0 Å². The van der Waals surface area contributed by atoms with E-state index in [1.807, 2.05) is 13.0 Å². The number of nitriles is 1. The zero-order chi connectivity index (χ0) is 18.6. The Morgan fingerprint density at radius 2 is 1.96 bits per heavy atom. The van der Waals surface area contributed by atoms with Crippen molar-refractivity contribution in [3.63, 3.8) is 0 Å². The van der Waals surface area contributed by atoms with Crippen LogP contribution in [-0.2, 0) is 14.3 Å². The van der Waals surface area contributed by atoms with Crippen molar-refractivity contribution in [3.05, 3.63) is 46.6 Å². The van der Waals surface area contributed by atoms with Crippen molar-refractivity contribution in [2.75, 3.05) is 21.3 Å². The predicted molar refractivity (Wildman–Crippen MR) is 89.5 cm³/mol. The van der Waals surface area contributed by atoms with Gasteiger partial charge in [-0.15, -0.1) is 0 Å². The molecule has 7 nitrogen and oxygen atoms in total. The monoisotopic (exact) mass is 344 g/mol. The van der Waals surface area contributed by atoms with Crippen molar-refractivity contribution in [3.8, 4) is 17.6 Å². The maximum Gasteiger partial charge on any atom is 0.338 e. The van der Waals surface area contributed by atoms with Crippen LogP contribution in [0.3, 0.4) is 0 Å². The molecule has 25 heavy (non-hydrogen) atoms. The Balaban J connectivity index is 2.71. The number of hydrogen-bond acceptors (Lipinski definition) is 7. The van der Waals surface area contributed by atoms with Crippen LogP contribution in [0.15, 0.2) is 41.0 Å². The Hall–Kier alpha value is -3.14. The fraction of sp³-hybridized carbons (Fsp3) is 0.333. The molecule has 1 heterocycles. The second kappa shape index (κ2) is 7.62. The van der Waals surface area contributed by atoms with Gasteiger partial charge in [-0.05, 0) is 17.7 Å². The van der Waals surface area contributed by atoms with E-state index in [1.54, 1.807) is 18.2 Å². The summed E-state index contributed by atoms with van der Waals surface area (Å²) in [4.78, 5) is 12.4. The van der Waals surface area contributed by atoms with Crippen molar-refractivity contribution in [2.24, 2.45) is 5.73 Å². The van der Waals surface area contributed by atoms with Gasteiger partial charge in [-0.3, -0.25) is 0 Å². The molecule has 0 radical (unpaired) electrons. The van der Waals surface area contributed by atoms with Gasteiger partial charge in [-0.25, -0.2) is 4.79 Å². The topological polar surface area (TPSA) is 104 Å². The minimum absolute atomic E-state index is 0.0215. The lowest BCUT2D eigenvalue weighted by Crippen LogP contribution is -2.25. The third kappa shape index (κ3) is 3.24. The first-order valence-corrected chi connectivity index (χ1v) is 7.63. The van der Waals surface area contributed by atoms with Crippen molar-refractivity contribution < 1.29 is 23.7 Å². The Morgan fingerprint density at radius 3 is 2.48 bits per heavy atom. The molecule has 2 N–H and O–H groups in total. The molecule has 1 aliphatic heterocycles. The van der Waals surface area contributed by atoms with E-state index in [9.17, 15) is 10.1 Å². The third-order valence-electron chi connectivity index (χ3n) is 3.96. The number of hydrogen-bond donors (Lipinski definition) is 1. The van der Waals surface area contributed by atoms with Gasteiger partial charge in [0.05, 0.1) is 32.8 Å². The minimum Gasteiger partial charge on any atom is -0.493 e. The van der Waals surface area contributed by atoms with Gasteiger partial charge < -0.3 is 24.7 Å². The van der Waals surface area contributed by atoms with Crippen LogP contribution in [0.1, 0.15) is 24.8 Å². The molecule has 1 atom stereocenters. The first-order valence-electron chi connectivity index (χ1n) is 7.63. The number of esters is 1. The van der Waals surface area contributed by atoms with Crippen LogP contribution in [0.2, 0.25) is 0 Å². The SMILES string of the molecule is CCC1=C(C(=O)OC)C(c2ccc(OC)c(OC)c2)C(C#N)=C(N)O1. The molecule has 0 saturated carbocycles. The Labute approximate surface area is 146 Å². The highest BCUT2D eigenvalue weighted by Gasteiger charge is 2.37. The highest BCUT2D eigenvalue weighted by Crippen LogP contribution is 2.42. The van der Waals surface area contributed by atoms with Crippen LogP contribution < -0.4 is 15.2 Å². The van der Waals surface area contributed by atoms with E-state index in [-0.39, 0.29) is 17.0 Å². The molecule has 0 aliphatic carbocycles. The second-order valence-corrected chi connectivity index (χ2v) is 5.22. The summed E-state index contributed by atoms with van der Waals surface area (Å²) in [6, 6.07) is 7.19. The maximum absolute atomic E-state index is 12.4. The lowest BCUT2D eigenvalue weighted by atomic mass is 9.82. The fourth-order valence-electron chi connectivity index (χ4n) is 2.78. The molecule has 132 valence electrons. The number of methoxy groups -OCH3 is 3. The first kappa shape index (κ1) is 18.2. The standard InChI is InChI=1S/C18H20N2O5/c1-5-12-16(18(21)24-4)15(11(9-19)17(20)25-12)10-6-7-13(22-2)14(8-10)23-3/h6-8,15H,5,20H2,1-4H3. The summed E-state index contributed by atoms with van der Waals surface area (Å²) >= 11 is 0. The molecule has 0 bridgehead atoms. The molecule has 0 aromatic heterocycles. The first-order chi connectivity index (χ1) is 12.0. The van der Waals surface area contributed by atoms with Crippen LogP contribution in [0, 0.1) is 11.3 Å². The van der Waals surface area contributed by atoms with Crippen molar-refractivity contribution in [1.29, 1.82) is 5.26 Å². The number of carbonyl (C=O) groups excluding carboxylic acids is 1. The number of nitrogens with two attached hydrogens (primary N) is 1. The number of carbonyl (C=O) groups is 1. The lowest BCUT2D eigenvalue weighted by Gasteiger charge is -2.27. The molecule has 1 aromatic carbocycles. The summed E-state index contributed by atoms with van der Waals surface area (Å²) in [6.45, 7) is 1.83. The number of ether oxygens (including phenoxy) is 4. The smallest absolute Gasteiger partial charge is 0.338 e. The molecule has 1 aromatic rings. The normalized spacial score (nSPS) is 16.8. The molecular weight excluding hydrogens is 324 g/mol. The van der Waals surface area contributed by atoms with Gasteiger partial charge in [-0.1, -0.05) is 13.0 Å². The largest absolute Gasteiger partial charge is 0.493 e. The van der Waals surface area contributed by atoms with Crippen LogP contribution in [0.25, 0.3) is 0 Å². The van der Waals surface area contributed by atoms with E-state index in [1.165, 1.54) is 21.3 Å². The van der Waals surface area contributed by atoms with Crippen molar-refractivity contribution >= 4 is 5.97 Å². The quantitative estimate of drug-likeness (QED) is 0.818. The molecular formula is C18H20N2O5. The average molecular weight is 344 g/mol. The summed E-state index contributed by atoms with van der Waals surface area (Å²) in [5.41, 5.74) is 6.95.